The number of carbonyl (C=O) groups excluding carboxylic acids is 3. The number of nitrogens with one attached hydrogen (secondary N) is 1. The Morgan fingerprint density at radius 2 is 1.52 bits per heavy atom. The van der Waals surface area contributed by atoms with Crippen LogP contribution in [-0.2, 0) is 15.7 Å². The topological polar surface area (TPSA) is 81.7 Å². The van der Waals surface area contributed by atoms with Crippen LogP contribution in [0.15, 0.2) is 48.5 Å². The Labute approximate surface area is 164 Å². The maximum Gasteiger partial charge on any atom is 0.416 e. The van der Waals surface area contributed by atoms with E-state index in [1.807, 2.05) is 0 Å². The lowest BCUT2D eigenvalue weighted by Crippen LogP contribution is -2.34. The smallest absolute Gasteiger partial charge is 0.416 e. The van der Waals surface area contributed by atoms with Crippen LogP contribution in [0.1, 0.15) is 33.2 Å². The molecule has 0 saturated heterocycles. The van der Waals surface area contributed by atoms with Gasteiger partial charge in [0.2, 0.25) is 5.78 Å². The summed E-state index contributed by atoms with van der Waals surface area (Å²) in [6, 6.07) is 9.76. The van der Waals surface area contributed by atoms with E-state index in [4.69, 9.17) is 9.47 Å². The molecular formula is C20H18F3NO5. The average Bonchev–Trinajstić information content (AvgIpc) is 2.71. The van der Waals surface area contributed by atoms with Crippen LogP contribution in [0.25, 0.3) is 0 Å². The summed E-state index contributed by atoms with van der Waals surface area (Å²) in [5, 5.41) is 2.23. The molecule has 29 heavy (non-hydrogen) atoms. The van der Waals surface area contributed by atoms with Crippen LogP contribution in [-0.4, -0.2) is 37.4 Å². The molecule has 0 heterocycles. The van der Waals surface area contributed by atoms with Crippen LogP contribution >= 0.6 is 0 Å². The highest BCUT2D eigenvalue weighted by atomic mass is 19.4. The van der Waals surface area contributed by atoms with Crippen LogP contribution < -0.4 is 10.1 Å². The highest BCUT2D eigenvalue weighted by Crippen LogP contribution is 2.29. The maximum absolute atomic E-state index is 12.5. The minimum Gasteiger partial charge on any atom is -0.497 e. The third kappa shape index (κ3) is 6.06. The number of methoxy groups -OCH3 is 1. The average molecular weight is 409 g/mol. The van der Waals surface area contributed by atoms with E-state index in [1.54, 1.807) is 12.1 Å². The second-order valence-electron chi connectivity index (χ2n) is 5.98. The Kier molecular flexibility index (Phi) is 6.98. The predicted molar refractivity (Wildman–Crippen MR) is 96.7 cm³/mol. The van der Waals surface area contributed by atoms with Gasteiger partial charge in [0, 0.05) is 11.1 Å². The molecule has 6 nitrogen and oxygen atoms in total. The van der Waals surface area contributed by atoms with Gasteiger partial charge in [-0.2, -0.15) is 13.2 Å². The molecule has 1 N–H and O–H groups in total. The molecule has 0 aromatic heterocycles. The van der Waals surface area contributed by atoms with Crippen molar-refractivity contribution in [2.24, 2.45) is 0 Å². The summed E-state index contributed by atoms with van der Waals surface area (Å²) in [7, 11) is 1.49. The molecule has 0 spiro atoms. The molecule has 154 valence electrons. The Bertz CT molecular complexity index is 876. The van der Waals surface area contributed by atoms with Gasteiger partial charge in [-0.05, 0) is 55.5 Å². The second kappa shape index (κ2) is 9.22. The van der Waals surface area contributed by atoms with Crippen molar-refractivity contribution in [1.82, 2.24) is 5.32 Å². The molecule has 0 aliphatic rings. The van der Waals surface area contributed by atoms with E-state index < -0.39 is 42.0 Å². The quantitative estimate of drug-likeness (QED) is 0.561. The van der Waals surface area contributed by atoms with E-state index in [-0.39, 0.29) is 5.56 Å². The lowest BCUT2D eigenvalue weighted by atomic mass is 10.1. The molecule has 0 bridgehead atoms. The standard InChI is InChI=1S/C20H18F3NO5/c1-12(18(26)13-5-9-16(28-2)10-6-13)29-17(25)11-24-19(27)14-3-7-15(8-4-14)20(21,22)23/h3-10,12H,11H2,1-2H3,(H,24,27)/t12-/m1/s1. The summed E-state index contributed by atoms with van der Waals surface area (Å²) in [6.07, 6.45) is -5.59. The number of hydrogen-bond acceptors (Lipinski definition) is 5. The van der Waals surface area contributed by atoms with Gasteiger partial charge in [0.05, 0.1) is 12.7 Å². The third-order valence-corrected chi connectivity index (χ3v) is 3.92. The molecule has 2 rings (SSSR count). The molecule has 0 fully saturated rings. The van der Waals surface area contributed by atoms with Crippen molar-refractivity contribution in [2.45, 2.75) is 19.2 Å². The fourth-order valence-corrected chi connectivity index (χ4v) is 2.35. The molecule has 0 aliphatic heterocycles. The first kappa shape index (κ1) is 21.9. The summed E-state index contributed by atoms with van der Waals surface area (Å²) in [6.45, 7) is 0.849. The summed E-state index contributed by atoms with van der Waals surface area (Å²) in [4.78, 5) is 36.0. The largest absolute Gasteiger partial charge is 0.497 e. The Hall–Kier alpha value is -3.36. The molecular weight excluding hydrogens is 391 g/mol. The summed E-state index contributed by atoms with van der Waals surface area (Å²) in [5.74, 6) is -1.48. The van der Waals surface area contributed by atoms with Gasteiger partial charge in [0.1, 0.15) is 12.3 Å². The predicted octanol–water partition coefficient (Wildman–Crippen LogP) is 3.26. The van der Waals surface area contributed by atoms with Crippen molar-refractivity contribution >= 4 is 17.7 Å². The molecule has 2 aromatic rings. The monoisotopic (exact) mass is 409 g/mol. The highest BCUT2D eigenvalue weighted by molar-refractivity contribution is 6.00. The zero-order valence-electron chi connectivity index (χ0n) is 15.6. The minimum absolute atomic E-state index is 0.0480. The minimum atomic E-state index is -4.51. The zero-order valence-corrected chi connectivity index (χ0v) is 15.6. The summed E-state index contributed by atoms with van der Waals surface area (Å²) >= 11 is 0. The van der Waals surface area contributed by atoms with E-state index in [9.17, 15) is 27.6 Å². The van der Waals surface area contributed by atoms with E-state index in [2.05, 4.69) is 5.32 Å². The number of esters is 1. The van der Waals surface area contributed by atoms with E-state index >= 15 is 0 Å². The number of amides is 1. The number of hydrogen-bond donors (Lipinski definition) is 1. The van der Waals surface area contributed by atoms with Crippen molar-refractivity contribution in [3.05, 3.63) is 65.2 Å². The van der Waals surface area contributed by atoms with Crippen LogP contribution in [0.3, 0.4) is 0 Å². The van der Waals surface area contributed by atoms with Crippen molar-refractivity contribution < 1.29 is 37.0 Å². The number of Topliss-reactive ketones (excluding diaryl/α,β-unsaturated/α-hetero) is 1. The Balaban J connectivity index is 1.86. The molecule has 0 unspecified atom stereocenters. The van der Waals surface area contributed by atoms with Crippen molar-refractivity contribution in [2.75, 3.05) is 13.7 Å². The number of alkyl halides is 3. The lowest BCUT2D eigenvalue weighted by Gasteiger charge is -2.13. The number of benzene rings is 2. The molecule has 0 radical (unpaired) electrons. The van der Waals surface area contributed by atoms with Gasteiger partial charge in [-0.25, -0.2) is 0 Å². The highest BCUT2D eigenvalue weighted by Gasteiger charge is 2.30. The van der Waals surface area contributed by atoms with Crippen LogP contribution in [0.5, 0.6) is 5.75 Å². The molecule has 0 aliphatic carbocycles. The van der Waals surface area contributed by atoms with Gasteiger partial charge in [-0.1, -0.05) is 0 Å². The third-order valence-electron chi connectivity index (χ3n) is 3.92. The van der Waals surface area contributed by atoms with E-state index in [1.165, 1.54) is 26.2 Å². The first-order valence-electron chi connectivity index (χ1n) is 8.45. The summed E-state index contributed by atoms with van der Waals surface area (Å²) < 4.78 is 47.6. The van der Waals surface area contributed by atoms with Crippen LogP contribution in [0.4, 0.5) is 13.2 Å². The van der Waals surface area contributed by atoms with Crippen LogP contribution in [0.2, 0.25) is 0 Å². The van der Waals surface area contributed by atoms with Gasteiger partial charge in [0.15, 0.2) is 6.10 Å². The van der Waals surface area contributed by atoms with E-state index in [0.29, 0.717) is 11.3 Å². The van der Waals surface area contributed by atoms with Gasteiger partial charge < -0.3 is 14.8 Å². The Morgan fingerprint density at radius 1 is 0.966 bits per heavy atom. The SMILES string of the molecule is COc1ccc(C(=O)[C@@H](C)OC(=O)CNC(=O)c2ccc(C(F)(F)F)cc2)cc1. The molecule has 2 aromatic carbocycles. The summed E-state index contributed by atoms with van der Waals surface area (Å²) in [5.41, 5.74) is -0.618. The Morgan fingerprint density at radius 3 is 2.03 bits per heavy atom. The van der Waals surface area contributed by atoms with E-state index in [0.717, 1.165) is 24.3 Å². The molecule has 9 heteroatoms. The fraction of sp³-hybridized carbons (Fsp3) is 0.250. The molecule has 0 saturated carbocycles. The number of ketones is 1. The molecule has 1 atom stereocenters. The lowest BCUT2D eigenvalue weighted by molar-refractivity contribution is -0.145. The second-order valence-corrected chi connectivity index (χ2v) is 5.98. The van der Waals surface area contributed by atoms with Crippen molar-refractivity contribution in [3.63, 3.8) is 0 Å². The first-order valence-corrected chi connectivity index (χ1v) is 8.45. The van der Waals surface area contributed by atoms with Gasteiger partial charge in [0.25, 0.3) is 5.91 Å². The van der Waals surface area contributed by atoms with Crippen LogP contribution in [0, 0.1) is 0 Å². The van der Waals surface area contributed by atoms with Gasteiger partial charge in [-0.3, -0.25) is 14.4 Å². The zero-order chi connectivity index (χ0) is 21.6. The number of rotatable bonds is 7. The maximum atomic E-state index is 12.5. The van der Waals surface area contributed by atoms with Crippen molar-refractivity contribution in [1.29, 1.82) is 0 Å². The van der Waals surface area contributed by atoms with Crippen molar-refractivity contribution in [3.8, 4) is 5.75 Å². The van der Waals surface area contributed by atoms with Gasteiger partial charge in [-0.15, -0.1) is 0 Å². The van der Waals surface area contributed by atoms with Gasteiger partial charge >= 0.3 is 12.1 Å². The molecule has 1 amide bonds. The number of carbonyl (C=O) groups is 3. The first-order chi connectivity index (χ1) is 13.6. The normalized spacial score (nSPS) is 12.0. The fourth-order valence-electron chi connectivity index (χ4n) is 2.35. The number of ether oxygens (including phenoxy) is 2. The number of halogens is 3.